The molecule has 2 heterocycles. The Morgan fingerprint density at radius 2 is 2.00 bits per heavy atom. The van der Waals surface area contributed by atoms with Crippen LogP contribution < -0.4 is 5.32 Å². The lowest BCUT2D eigenvalue weighted by atomic mass is 10.0. The minimum absolute atomic E-state index is 0.0355. The number of nitrogens with one attached hydrogen (secondary N) is 1. The summed E-state index contributed by atoms with van der Waals surface area (Å²) in [6.45, 7) is 5.99. The highest BCUT2D eigenvalue weighted by Crippen LogP contribution is 2.20. The van der Waals surface area contributed by atoms with Crippen molar-refractivity contribution < 1.29 is 4.79 Å². The van der Waals surface area contributed by atoms with Crippen molar-refractivity contribution in [3.63, 3.8) is 0 Å². The van der Waals surface area contributed by atoms with E-state index in [2.05, 4.69) is 41.4 Å². The quantitative estimate of drug-likeness (QED) is 0.824. The van der Waals surface area contributed by atoms with Crippen LogP contribution >= 0.6 is 11.8 Å². The fraction of sp³-hybridized carbons (Fsp3) is 0.526. The highest BCUT2D eigenvalue weighted by Gasteiger charge is 2.27. The minimum Gasteiger partial charge on any atom is -0.324 e. The molecule has 1 aromatic carbocycles. The van der Waals surface area contributed by atoms with Gasteiger partial charge in [-0.05, 0) is 36.3 Å². The van der Waals surface area contributed by atoms with Crippen LogP contribution in [0.4, 0.5) is 10.5 Å². The van der Waals surface area contributed by atoms with Crippen LogP contribution in [0.5, 0.6) is 0 Å². The second kappa shape index (κ2) is 8.58. The fourth-order valence-corrected chi connectivity index (χ4v) is 4.01. The normalized spacial score (nSPS) is 19.0. The molecule has 4 nitrogen and oxygen atoms in total. The molecule has 1 N–H and O–H groups in total. The van der Waals surface area contributed by atoms with Gasteiger partial charge in [-0.15, -0.1) is 0 Å². The SMILES string of the molecule is CCSCc1cccc(NC(=O)N2CCC(N3CC=CC3)CC2)c1. The van der Waals surface area contributed by atoms with Crippen molar-refractivity contribution in [2.24, 2.45) is 0 Å². The van der Waals surface area contributed by atoms with E-state index in [9.17, 15) is 4.79 Å². The maximum absolute atomic E-state index is 12.5. The highest BCUT2D eigenvalue weighted by atomic mass is 32.2. The Bertz CT molecular complexity index is 574. The third kappa shape index (κ3) is 4.54. The monoisotopic (exact) mass is 345 g/mol. The maximum Gasteiger partial charge on any atom is 0.321 e. The third-order valence-electron chi connectivity index (χ3n) is 4.77. The smallest absolute Gasteiger partial charge is 0.321 e. The van der Waals surface area contributed by atoms with Crippen molar-refractivity contribution in [1.29, 1.82) is 0 Å². The predicted molar refractivity (Wildman–Crippen MR) is 103 cm³/mol. The molecule has 130 valence electrons. The van der Waals surface area contributed by atoms with Gasteiger partial charge in [0.25, 0.3) is 0 Å². The van der Waals surface area contributed by atoms with Crippen molar-refractivity contribution in [3.8, 4) is 0 Å². The number of benzene rings is 1. The summed E-state index contributed by atoms with van der Waals surface area (Å²) >= 11 is 1.90. The summed E-state index contributed by atoms with van der Waals surface area (Å²) in [6.07, 6.45) is 6.62. The summed E-state index contributed by atoms with van der Waals surface area (Å²) in [5.74, 6) is 2.10. The molecule has 1 saturated heterocycles. The number of thioether (sulfide) groups is 1. The average molecular weight is 346 g/mol. The van der Waals surface area contributed by atoms with E-state index >= 15 is 0 Å². The fourth-order valence-electron chi connectivity index (χ4n) is 3.39. The van der Waals surface area contributed by atoms with Gasteiger partial charge in [-0.3, -0.25) is 4.90 Å². The van der Waals surface area contributed by atoms with Gasteiger partial charge in [0, 0.05) is 43.7 Å². The number of rotatable bonds is 5. The molecule has 0 saturated carbocycles. The second-order valence-electron chi connectivity index (χ2n) is 6.41. The van der Waals surface area contributed by atoms with E-state index in [1.807, 2.05) is 28.8 Å². The number of urea groups is 1. The van der Waals surface area contributed by atoms with Crippen molar-refractivity contribution in [2.45, 2.75) is 31.6 Å². The van der Waals surface area contributed by atoms with Gasteiger partial charge in [-0.25, -0.2) is 4.79 Å². The van der Waals surface area contributed by atoms with Crippen LogP contribution in [0.1, 0.15) is 25.3 Å². The number of hydrogen-bond acceptors (Lipinski definition) is 3. The molecule has 2 aliphatic heterocycles. The van der Waals surface area contributed by atoms with Gasteiger partial charge in [0.2, 0.25) is 0 Å². The van der Waals surface area contributed by atoms with Crippen molar-refractivity contribution in [1.82, 2.24) is 9.80 Å². The van der Waals surface area contributed by atoms with Gasteiger partial charge in [0.05, 0.1) is 0 Å². The summed E-state index contributed by atoms with van der Waals surface area (Å²) in [5.41, 5.74) is 2.17. The number of hydrogen-bond donors (Lipinski definition) is 1. The van der Waals surface area contributed by atoms with E-state index in [1.54, 1.807) is 0 Å². The molecule has 0 unspecified atom stereocenters. The van der Waals surface area contributed by atoms with Crippen LogP contribution in [0, 0.1) is 0 Å². The molecule has 3 rings (SSSR count). The zero-order valence-electron chi connectivity index (χ0n) is 14.4. The van der Waals surface area contributed by atoms with Gasteiger partial charge < -0.3 is 10.2 Å². The lowest BCUT2D eigenvalue weighted by Gasteiger charge is -2.36. The minimum atomic E-state index is 0.0355. The second-order valence-corrected chi connectivity index (χ2v) is 7.69. The first-order chi connectivity index (χ1) is 11.8. The third-order valence-corrected chi connectivity index (χ3v) is 5.71. The standard InChI is InChI=1S/C19H27N3OS/c1-2-24-15-16-6-5-7-17(14-16)20-19(23)22-12-8-18(9-13-22)21-10-3-4-11-21/h3-7,14,18H,2,8-13,15H2,1H3,(H,20,23). The largest absolute Gasteiger partial charge is 0.324 e. The lowest BCUT2D eigenvalue weighted by Crippen LogP contribution is -2.47. The Labute approximate surface area is 149 Å². The van der Waals surface area contributed by atoms with Crippen molar-refractivity contribution in [2.75, 3.05) is 37.2 Å². The first kappa shape index (κ1) is 17.4. The number of carbonyl (C=O) groups is 1. The van der Waals surface area contributed by atoms with E-state index in [0.717, 1.165) is 56.2 Å². The van der Waals surface area contributed by atoms with E-state index in [4.69, 9.17) is 0 Å². The number of amides is 2. The summed E-state index contributed by atoms with van der Waals surface area (Å²) in [4.78, 5) is 17.0. The molecule has 24 heavy (non-hydrogen) atoms. The van der Waals surface area contributed by atoms with E-state index < -0.39 is 0 Å². The summed E-state index contributed by atoms with van der Waals surface area (Å²) < 4.78 is 0. The zero-order chi connectivity index (χ0) is 16.8. The highest BCUT2D eigenvalue weighted by molar-refractivity contribution is 7.98. The van der Waals surface area contributed by atoms with Crippen LogP contribution in [-0.4, -0.2) is 53.8 Å². The molecule has 1 fully saturated rings. The molecule has 0 spiro atoms. The van der Waals surface area contributed by atoms with Gasteiger partial charge in [-0.1, -0.05) is 31.2 Å². The van der Waals surface area contributed by atoms with Crippen molar-refractivity contribution in [3.05, 3.63) is 42.0 Å². The maximum atomic E-state index is 12.5. The Morgan fingerprint density at radius 3 is 2.71 bits per heavy atom. The van der Waals surface area contributed by atoms with Crippen LogP contribution in [0.3, 0.4) is 0 Å². The molecule has 0 bridgehead atoms. The number of nitrogens with zero attached hydrogens (tertiary/aromatic N) is 2. The lowest BCUT2D eigenvalue weighted by molar-refractivity contribution is 0.144. The van der Waals surface area contributed by atoms with E-state index in [-0.39, 0.29) is 6.03 Å². The first-order valence-corrected chi connectivity index (χ1v) is 10.0. The average Bonchev–Trinajstić information content (AvgIpc) is 3.15. The molecule has 5 heteroatoms. The summed E-state index contributed by atoms with van der Waals surface area (Å²) in [6, 6.07) is 8.86. The van der Waals surface area contributed by atoms with Gasteiger partial charge in [-0.2, -0.15) is 11.8 Å². The van der Waals surface area contributed by atoms with Gasteiger partial charge in [0.1, 0.15) is 0 Å². The van der Waals surface area contributed by atoms with E-state index in [1.165, 1.54) is 5.56 Å². The molecule has 0 radical (unpaired) electrons. The number of piperidine rings is 1. The molecule has 0 aromatic heterocycles. The Morgan fingerprint density at radius 1 is 1.25 bits per heavy atom. The Hall–Kier alpha value is -1.46. The molecule has 2 aliphatic rings. The van der Waals surface area contributed by atoms with Crippen molar-refractivity contribution >= 4 is 23.5 Å². The van der Waals surface area contributed by atoms with Gasteiger partial charge in [0.15, 0.2) is 0 Å². The Kier molecular flexibility index (Phi) is 6.21. The van der Waals surface area contributed by atoms with Crippen LogP contribution in [-0.2, 0) is 5.75 Å². The molecule has 2 amide bonds. The van der Waals surface area contributed by atoms with Crippen LogP contribution in [0.25, 0.3) is 0 Å². The number of carbonyl (C=O) groups excluding carboxylic acids is 1. The van der Waals surface area contributed by atoms with Crippen LogP contribution in [0.15, 0.2) is 36.4 Å². The predicted octanol–water partition coefficient (Wildman–Crippen LogP) is 3.81. The summed E-state index contributed by atoms with van der Waals surface area (Å²) in [7, 11) is 0. The number of likely N-dealkylation sites (tertiary alicyclic amines) is 1. The topological polar surface area (TPSA) is 35.6 Å². The molecule has 0 atom stereocenters. The Balaban J connectivity index is 1.49. The summed E-state index contributed by atoms with van der Waals surface area (Å²) in [5, 5.41) is 3.06. The molecule has 0 aliphatic carbocycles. The molecular formula is C19H27N3OS. The first-order valence-electron chi connectivity index (χ1n) is 8.88. The van der Waals surface area contributed by atoms with E-state index in [0.29, 0.717) is 6.04 Å². The van der Waals surface area contributed by atoms with Gasteiger partial charge >= 0.3 is 6.03 Å². The van der Waals surface area contributed by atoms with Crippen LogP contribution in [0.2, 0.25) is 0 Å². The molecule has 1 aromatic rings. The molecular weight excluding hydrogens is 318 g/mol. The number of anilines is 1. The zero-order valence-corrected chi connectivity index (χ0v) is 15.2.